The van der Waals surface area contributed by atoms with E-state index in [2.05, 4.69) is 44.3 Å². The van der Waals surface area contributed by atoms with Gasteiger partial charge in [0, 0.05) is 6.04 Å². The van der Waals surface area contributed by atoms with E-state index in [1.807, 2.05) is 6.07 Å². The Balaban J connectivity index is 2.01. The van der Waals surface area contributed by atoms with Gasteiger partial charge in [0.15, 0.2) is 0 Å². The van der Waals surface area contributed by atoms with Crippen LogP contribution in [0.2, 0.25) is 0 Å². The molecular formula is C15H23NO. The SMILES string of the molecule is CC(C)COc1cccc([C@H]2C[C@H](C)CN2)c1. The van der Waals surface area contributed by atoms with Crippen molar-refractivity contribution in [1.29, 1.82) is 0 Å². The lowest BCUT2D eigenvalue weighted by Crippen LogP contribution is -2.13. The van der Waals surface area contributed by atoms with Gasteiger partial charge in [0.2, 0.25) is 0 Å². The Bertz CT molecular complexity index is 362. The first-order valence-corrected chi connectivity index (χ1v) is 6.61. The topological polar surface area (TPSA) is 21.3 Å². The standard InChI is InChI=1S/C15H23NO/c1-11(2)10-17-14-6-4-5-13(8-14)15-7-12(3)9-16-15/h4-6,8,11-12,15-16H,7,9-10H2,1-3H3/t12-,15+/m0/s1. The van der Waals surface area contributed by atoms with Gasteiger partial charge in [0.1, 0.15) is 5.75 Å². The molecule has 0 unspecified atom stereocenters. The molecule has 2 heteroatoms. The Morgan fingerprint density at radius 2 is 2.24 bits per heavy atom. The largest absolute Gasteiger partial charge is 0.493 e. The number of hydrogen-bond acceptors (Lipinski definition) is 2. The molecule has 1 heterocycles. The van der Waals surface area contributed by atoms with Gasteiger partial charge < -0.3 is 10.1 Å². The van der Waals surface area contributed by atoms with Gasteiger partial charge >= 0.3 is 0 Å². The van der Waals surface area contributed by atoms with Crippen LogP contribution < -0.4 is 10.1 Å². The minimum atomic E-state index is 0.507. The maximum absolute atomic E-state index is 5.77. The van der Waals surface area contributed by atoms with E-state index < -0.39 is 0 Å². The fourth-order valence-electron chi connectivity index (χ4n) is 2.25. The van der Waals surface area contributed by atoms with Crippen LogP contribution in [0.4, 0.5) is 0 Å². The summed E-state index contributed by atoms with van der Waals surface area (Å²) in [5.41, 5.74) is 1.36. The maximum atomic E-state index is 5.77. The summed E-state index contributed by atoms with van der Waals surface area (Å²) in [4.78, 5) is 0. The van der Waals surface area contributed by atoms with E-state index >= 15 is 0 Å². The zero-order chi connectivity index (χ0) is 12.3. The van der Waals surface area contributed by atoms with Crippen LogP contribution in [-0.2, 0) is 0 Å². The molecule has 1 aliphatic heterocycles. The molecule has 1 N–H and O–H groups in total. The lowest BCUT2D eigenvalue weighted by Gasteiger charge is -2.14. The Labute approximate surface area is 104 Å². The summed E-state index contributed by atoms with van der Waals surface area (Å²) in [6, 6.07) is 9.02. The third kappa shape index (κ3) is 3.47. The highest BCUT2D eigenvalue weighted by Crippen LogP contribution is 2.28. The lowest BCUT2D eigenvalue weighted by atomic mass is 10.0. The van der Waals surface area contributed by atoms with Gasteiger partial charge in [-0.15, -0.1) is 0 Å². The van der Waals surface area contributed by atoms with Gasteiger partial charge in [0.05, 0.1) is 6.61 Å². The monoisotopic (exact) mass is 233 g/mol. The summed E-state index contributed by atoms with van der Waals surface area (Å²) in [6.45, 7) is 8.56. The van der Waals surface area contributed by atoms with Crippen molar-refractivity contribution in [2.24, 2.45) is 11.8 Å². The molecule has 2 atom stereocenters. The number of benzene rings is 1. The zero-order valence-electron chi connectivity index (χ0n) is 11.1. The predicted octanol–water partition coefficient (Wildman–Crippen LogP) is 3.39. The first-order chi connectivity index (χ1) is 8.15. The third-order valence-electron chi connectivity index (χ3n) is 3.19. The maximum Gasteiger partial charge on any atom is 0.119 e. The van der Waals surface area contributed by atoms with Crippen molar-refractivity contribution in [3.63, 3.8) is 0 Å². The summed E-state index contributed by atoms with van der Waals surface area (Å²) < 4.78 is 5.77. The molecule has 1 aromatic carbocycles. The summed E-state index contributed by atoms with van der Waals surface area (Å²) >= 11 is 0. The molecule has 1 aromatic rings. The molecule has 1 fully saturated rings. The normalized spacial score (nSPS) is 24.2. The summed E-state index contributed by atoms with van der Waals surface area (Å²) in [7, 11) is 0. The smallest absolute Gasteiger partial charge is 0.119 e. The average molecular weight is 233 g/mol. The molecule has 0 radical (unpaired) electrons. The zero-order valence-corrected chi connectivity index (χ0v) is 11.1. The number of nitrogens with one attached hydrogen (secondary N) is 1. The van der Waals surface area contributed by atoms with Crippen LogP contribution in [-0.4, -0.2) is 13.2 Å². The number of rotatable bonds is 4. The molecular weight excluding hydrogens is 210 g/mol. The van der Waals surface area contributed by atoms with E-state index in [-0.39, 0.29) is 0 Å². The van der Waals surface area contributed by atoms with Crippen LogP contribution in [0.25, 0.3) is 0 Å². The molecule has 0 aliphatic carbocycles. The fraction of sp³-hybridized carbons (Fsp3) is 0.600. The quantitative estimate of drug-likeness (QED) is 0.860. The molecule has 1 aliphatic rings. The second-order valence-corrected chi connectivity index (χ2v) is 5.58. The Hall–Kier alpha value is -1.02. The van der Waals surface area contributed by atoms with Gasteiger partial charge in [-0.25, -0.2) is 0 Å². The first kappa shape index (κ1) is 12.4. The van der Waals surface area contributed by atoms with Crippen molar-refractivity contribution in [2.75, 3.05) is 13.2 Å². The van der Waals surface area contributed by atoms with E-state index in [0.29, 0.717) is 12.0 Å². The summed E-state index contributed by atoms with van der Waals surface area (Å²) in [5, 5.41) is 3.56. The van der Waals surface area contributed by atoms with Gasteiger partial charge in [-0.1, -0.05) is 32.9 Å². The molecule has 2 nitrogen and oxygen atoms in total. The molecule has 94 valence electrons. The van der Waals surface area contributed by atoms with E-state index in [9.17, 15) is 0 Å². The number of ether oxygens (including phenoxy) is 1. The Morgan fingerprint density at radius 3 is 2.88 bits per heavy atom. The van der Waals surface area contributed by atoms with Crippen molar-refractivity contribution in [3.05, 3.63) is 29.8 Å². The predicted molar refractivity (Wildman–Crippen MR) is 71.3 cm³/mol. The Morgan fingerprint density at radius 1 is 1.41 bits per heavy atom. The highest BCUT2D eigenvalue weighted by Gasteiger charge is 2.21. The van der Waals surface area contributed by atoms with Crippen LogP contribution >= 0.6 is 0 Å². The van der Waals surface area contributed by atoms with E-state index in [1.165, 1.54) is 12.0 Å². The molecule has 2 rings (SSSR count). The van der Waals surface area contributed by atoms with Crippen molar-refractivity contribution < 1.29 is 4.74 Å². The molecule has 0 aromatic heterocycles. The Kier molecular flexibility index (Phi) is 4.06. The molecule has 0 saturated carbocycles. The summed E-state index contributed by atoms with van der Waals surface area (Å²) in [5.74, 6) is 2.35. The second kappa shape index (κ2) is 5.54. The number of hydrogen-bond donors (Lipinski definition) is 1. The van der Waals surface area contributed by atoms with Crippen molar-refractivity contribution >= 4 is 0 Å². The van der Waals surface area contributed by atoms with Crippen LogP contribution in [0.3, 0.4) is 0 Å². The molecule has 0 bridgehead atoms. The van der Waals surface area contributed by atoms with E-state index in [0.717, 1.165) is 24.8 Å². The van der Waals surface area contributed by atoms with Crippen LogP contribution in [0, 0.1) is 11.8 Å². The molecule has 1 saturated heterocycles. The minimum absolute atomic E-state index is 0.507. The fourth-order valence-corrected chi connectivity index (χ4v) is 2.25. The third-order valence-corrected chi connectivity index (χ3v) is 3.19. The van der Waals surface area contributed by atoms with Crippen molar-refractivity contribution in [3.8, 4) is 5.75 Å². The molecule has 0 spiro atoms. The van der Waals surface area contributed by atoms with Gasteiger partial charge in [-0.05, 0) is 42.5 Å². The van der Waals surface area contributed by atoms with Crippen molar-refractivity contribution in [1.82, 2.24) is 5.32 Å². The van der Waals surface area contributed by atoms with Crippen molar-refractivity contribution in [2.45, 2.75) is 33.2 Å². The average Bonchev–Trinajstić information content (AvgIpc) is 2.74. The van der Waals surface area contributed by atoms with Crippen LogP contribution in [0.5, 0.6) is 5.75 Å². The summed E-state index contributed by atoms with van der Waals surface area (Å²) in [6.07, 6.45) is 1.23. The second-order valence-electron chi connectivity index (χ2n) is 5.58. The minimum Gasteiger partial charge on any atom is -0.493 e. The van der Waals surface area contributed by atoms with Crippen LogP contribution in [0.15, 0.2) is 24.3 Å². The highest BCUT2D eigenvalue weighted by atomic mass is 16.5. The van der Waals surface area contributed by atoms with Gasteiger partial charge in [-0.2, -0.15) is 0 Å². The molecule has 0 amide bonds. The van der Waals surface area contributed by atoms with E-state index in [1.54, 1.807) is 0 Å². The highest BCUT2D eigenvalue weighted by molar-refractivity contribution is 5.31. The molecule has 17 heavy (non-hydrogen) atoms. The van der Waals surface area contributed by atoms with Gasteiger partial charge in [-0.3, -0.25) is 0 Å². The first-order valence-electron chi connectivity index (χ1n) is 6.61. The van der Waals surface area contributed by atoms with Crippen LogP contribution in [0.1, 0.15) is 38.8 Å². The lowest BCUT2D eigenvalue weighted by molar-refractivity contribution is 0.270. The van der Waals surface area contributed by atoms with Gasteiger partial charge in [0.25, 0.3) is 0 Å². The van der Waals surface area contributed by atoms with E-state index in [4.69, 9.17) is 4.74 Å².